The van der Waals surface area contributed by atoms with E-state index in [1.54, 1.807) is 53.8 Å². The number of aliphatic hydroxyl groups is 1. The van der Waals surface area contributed by atoms with Crippen molar-refractivity contribution in [3.63, 3.8) is 0 Å². The van der Waals surface area contributed by atoms with Gasteiger partial charge in [0.2, 0.25) is 23.7 Å². The number of piperidine rings is 1. The highest BCUT2D eigenvalue weighted by molar-refractivity contribution is 6.00. The van der Waals surface area contributed by atoms with Gasteiger partial charge >= 0.3 is 0 Å². The molecule has 19 heteroatoms. The van der Waals surface area contributed by atoms with Crippen LogP contribution in [-0.2, 0) is 30.4 Å². The van der Waals surface area contributed by atoms with Crippen LogP contribution >= 0.6 is 0 Å². The lowest BCUT2D eigenvalue weighted by molar-refractivity contribution is -0.141. The molecule has 62 heavy (non-hydrogen) atoms. The van der Waals surface area contributed by atoms with E-state index in [4.69, 9.17) is 19.2 Å². The van der Waals surface area contributed by atoms with E-state index >= 15 is 0 Å². The van der Waals surface area contributed by atoms with Crippen LogP contribution in [0.5, 0.6) is 5.75 Å². The first-order chi connectivity index (χ1) is 30.2. The maximum Gasteiger partial charge on any atom is 0.251 e. The summed E-state index contributed by atoms with van der Waals surface area (Å²) in [6.45, 7) is 2.89. The second-order valence-electron chi connectivity index (χ2n) is 15.5. The van der Waals surface area contributed by atoms with E-state index in [1.165, 1.54) is 7.11 Å². The van der Waals surface area contributed by atoms with Crippen LogP contribution in [0.15, 0.2) is 48.9 Å². The number of nitrogens with zero attached hydrogens (tertiary/aromatic N) is 7. The summed E-state index contributed by atoms with van der Waals surface area (Å²) in [5.41, 5.74) is 4.80. The van der Waals surface area contributed by atoms with Crippen LogP contribution in [-0.4, -0.2) is 105 Å². The van der Waals surface area contributed by atoms with Crippen molar-refractivity contribution in [2.75, 3.05) is 55.6 Å². The first kappa shape index (κ1) is 42.2. The molecule has 4 aromatic rings. The Kier molecular flexibility index (Phi) is 12.7. The van der Waals surface area contributed by atoms with Crippen LogP contribution in [0.3, 0.4) is 0 Å². The van der Waals surface area contributed by atoms with Crippen molar-refractivity contribution >= 4 is 46.8 Å². The molecule has 324 valence electrons. The molecule has 0 radical (unpaired) electrons. The molecule has 0 bridgehead atoms. The lowest BCUT2D eigenvalue weighted by Gasteiger charge is -2.41. The standard InChI is InChI=1S/C43H49N11O8/c1-3-32-38-31(20-44)47-24-53(38)34-21-46-43(51-39(34)54(32)26-7-4-5-8-26)49-30-12-11-25(19-35(30)60-2)40(57)45-15-16-61-17-18-62-23-37(56)48-29-10-6-9-27-28(29)22-52(42(27)59)33-13-14-36(55)50-41(33)58/h6,9-12,19,21,24,26,32-33,42,59H,3-5,7-8,13-18,22-23H2,1-2H3,(H,45,57)(H,48,56)(H,46,49,51)(H,50,55,58)/t32-,33?,42?/m1/s1. The average molecular weight is 848 g/mol. The Balaban J connectivity index is 0.789. The fourth-order valence-electron chi connectivity index (χ4n) is 8.85. The zero-order valence-electron chi connectivity index (χ0n) is 34.6. The Hall–Kier alpha value is -6.46. The van der Waals surface area contributed by atoms with Gasteiger partial charge in [-0.3, -0.25) is 34.0 Å². The number of imidazole rings is 1. The number of aromatic nitrogens is 4. The molecule has 4 amide bonds. The number of rotatable bonds is 16. The average Bonchev–Trinajstić information content (AvgIpc) is 4.04. The number of imide groups is 1. The van der Waals surface area contributed by atoms with E-state index in [9.17, 15) is 29.5 Å². The van der Waals surface area contributed by atoms with Crippen molar-refractivity contribution in [1.29, 1.82) is 5.26 Å². The molecular weight excluding hydrogens is 799 g/mol. The number of amides is 4. The number of hydrogen-bond acceptors (Lipinski definition) is 15. The maximum absolute atomic E-state index is 13.0. The predicted octanol–water partition coefficient (Wildman–Crippen LogP) is 3.51. The predicted molar refractivity (Wildman–Crippen MR) is 224 cm³/mol. The molecule has 8 rings (SSSR count). The number of carbonyl (C=O) groups excluding carboxylic acids is 4. The number of benzene rings is 2. The first-order valence-electron chi connectivity index (χ1n) is 20.9. The van der Waals surface area contributed by atoms with Crippen molar-refractivity contribution < 1.29 is 38.5 Å². The smallest absolute Gasteiger partial charge is 0.251 e. The third kappa shape index (κ3) is 8.54. The van der Waals surface area contributed by atoms with Gasteiger partial charge in [0.05, 0.1) is 56.6 Å². The molecule has 5 heterocycles. The molecule has 2 unspecified atom stereocenters. The first-order valence-corrected chi connectivity index (χ1v) is 20.9. The Morgan fingerprint density at radius 2 is 1.87 bits per heavy atom. The van der Waals surface area contributed by atoms with Gasteiger partial charge in [-0.2, -0.15) is 10.2 Å². The summed E-state index contributed by atoms with van der Waals surface area (Å²) in [5, 5.41) is 32.0. The summed E-state index contributed by atoms with van der Waals surface area (Å²) in [7, 11) is 1.52. The van der Waals surface area contributed by atoms with Crippen LogP contribution in [0, 0.1) is 11.3 Å². The summed E-state index contributed by atoms with van der Waals surface area (Å²) in [6, 6.07) is 12.1. The molecule has 2 fully saturated rings. The van der Waals surface area contributed by atoms with E-state index in [1.807, 2.05) is 4.57 Å². The van der Waals surface area contributed by atoms with Gasteiger partial charge in [0, 0.05) is 42.4 Å². The zero-order chi connectivity index (χ0) is 43.3. The van der Waals surface area contributed by atoms with Crippen molar-refractivity contribution in [1.82, 2.24) is 35.1 Å². The number of nitriles is 1. The Morgan fingerprint density at radius 1 is 1.05 bits per heavy atom. The third-order valence-electron chi connectivity index (χ3n) is 11.8. The Bertz CT molecular complexity index is 2390. The van der Waals surface area contributed by atoms with Crippen LogP contribution in [0.1, 0.15) is 97.0 Å². The van der Waals surface area contributed by atoms with E-state index in [2.05, 4.69) is 49.1 Å². The summed E-state index contributed by atoms with van der Waals surface area (Å²) >= 11 is 0. The second-order valence-corrected chi connectivity index (χ2v) is 15.5. The molecule has 1 saturated heterocycles. The molecule has 3 atom stereocenters. The third-order valence-corrected chi connectivity index (χ3v) is 11.8. The molecule has 19 nitrogen and oxygen atoms in total. The lowest BCUT2D eigenvalue weighted by Crippen LogP contribution is -2.51. The Labute approximate surface area is 357 Å². The van der Waals surface area contributed by atoms with Crippen molar-refractivity contribution in [2.24, 2.45) is 0 Å². The summed E-state index contributed by atoms with van der Waals surface area (Å²) < 4.78 is 18.7. The van der Waals surface area contributed by atoms with Gasteiger partial charge in [-0.25, -0.2) is 9.97 Å². The van der Waals surface area contributed by atoms with E-state index in [0.29, 0.717) is 51.9 Å². The normalized spacial score (nSPS) is 19.6. The molecule has 0 spiro atoms. The van der Waals surface area contributed by atoms with E-state index in [0.717, 1.165) is 49.3 Å². The molecule has 3 aliphatic heterocycles. The fourth-order valence-corrected chi connectivity index (χ4v) is 8.85. The number of ether oxygens (including phenoxy) is 3. The lowest BCUT2D eigenvalue weighted by atomic mass is 10.0. The second kappa shape index (κ2) is 18.7. The number of methoxy groups -OCH3 is 1. The van der Waals surface area contributed by atoms with Gasteiger partial charge in [-0.15, -0.1) is 0 Å². The topological polar surface area (TPSA) is 238 Å². The van der Waals surface area contributed by atoms with Crippen LogP contribution in [0.4, 0.5) is 23.1 Å². The summed E-state index contributed by atoms with van der Waals surface area (Å²) in [5.74, 6) is 0.0761. The zero-order valence-corrected chi connectivity index (χ0v) is 34.6. The van der Waals surface area contributed by atoms with Gasteiger partial charge in [-0.05, 0) is 55.5 Å². The quantitative estimate of drug-likeness (QED) is 0.0801. The molecule has 1 aliphatic carbocycles. The largest absolute Gasteiger partial charge is 0.495 e. The van der Waals surface area contributed by atoms with Gasteiger partial charge in [0.15, 0.2) is 11.5 Å². The summed E-state index contributed by atoms with van der Waals surface area (Å²) in [6.07, 6.45) is 8.01. The molecule has 2 aromatic carbocycles. The van der Waals surface area contributed by atoms with Crippen LogP contribution in [0.2, 0.25) is 0 Å². The number of hydrogen-bond donors (Lipinski definition) is 5. The highest BCUT2D eigenvalue weighted by atomic mass is 16.5. The monoisotopic (exact) mass is 847 g/mol. The van der Waals surface area contributed by atoms with Gasteiger partial charge < -0.3 is 40.2 Å². The van der Waals surface area contributed by atoms with E-state index in [-0.39, 0.29) is 69.8 Å². The minimum atomic E-state index is -1.05. The summed E-state index contributed by atoms with van der Waals surface area (Å²) in [4.78, 5) is 67.8. The highest BCUT2D eigenvalue weighted by Crippen LogP contribution is 2.45. The van der Waals surface area contributed by atoms with Crippen molar-refractivity contribution in [3.8, 4) is 17.5 Å². The maximum atomic E-state index is 13.0. The Morgan fingerprint density at radius 3 is 2.65 bits per heavy atom. The van der Waals surface area contributed by atoms with Crippen molar-refractivity contribution in [2.45, 2.75) is 82.8 Å². The van der Waals surface area contributed by atoms with Crippen LogP contribution < -0.4 is 30.9 Å². The minimum absolute atomic E-state index is 0.0558. The van der Waals surface area contributed by atoms with Gasteiger partial charge in [0.25, 0.3) is 5.91 Å². The number of nitrogens with one attached hydrogen (secondary N) is 4. The number of anilines is 4. The molecule has 2 aromatic heterocycles. The van der Waals surface area contributed by atoms with Gasteiger partial charge in [0.1, 0.15) is 36.7 Å². The highest BCUT2D eigenvalue weighted by Gasteiger charge is 2.41. The number of carbonyl (C=O) groups is 4. The molecule has 5 N–H and O–H groups in total. The fraction of sp³-hybridized carbons (Fsp3) is 0.442. The van der Waals surface area contributed by atoms with Crippen LogP contribution in [0.25, 0.3) is 5.69 Å². The number of aliphatic hydroxyl groups excluding tert-OH is 1. The minimum Gasteiger partial charge on any atom is -0.495 e. The van der Waals surface area contributed by atoms with Gasteiger partial charge in [-0.1, -0.05) is 31.9 Å². The number of fused-ring (bicyclic) bond motifs is 4. The molecular formula is C43H49N11O8. The SMILES string of the molecule is CC[C@@H]1c2c(C#N)ncn2-c2cnc(Nc3ccc(C(=O)NCCOCCOCC(=O)Nc4cccc5c4CN(C4CCC(=O)NC4=O)C5O)cc3OC)nc2N1C1CCCC1. The molecule has 1 saturated carbocycles. The van der Waals surface area contributed by atoms with E-state index < -0.39 is 24.1 Å². The van der Waals surface area contributed by atoms with Crippen molar-refractivity contribution in [3.05, 3.63) is 77.0 Å². The molecule has 4 aliphatic rings.